The number of benzene rings is 2. The van der Waals surface area contributed by atoms with Crippen LogP contribution in [0, 0.1) is 0 Å². The van der Waals surface area contributed by atoms with Gasteiger partial charge < -0.3 is 14.5 Å². The summed E-state index contributed by atoms with van der Waals surface area (Å²) < 4.78 is 45.9. The van der Waals surface area contributed by atoms with Gasteiger partial charge in [-0.2, -0.15) is 0 Å². The molecule has 1 unspecified atom stereocenters. The van der Waals surface area contributed by atoms with Crippen LogP contribution in [0.1, 0.15) is 17.5 Å². The van der Waals surface area contributed by atoms with E-state index in [1.807, 2.05) is 24.3 Å². The van der Waals surface area contributed by atoms with Crippen LogP contribution in [0.25, 0.3) is 11.0 Å². The summed E-state index contributed by atoms with van der Waals surface area (Å²) in [6.07, 6.45) is -5.22. The highest BCUT2D eigenvalue weighted by atomic mass is 19.4. The zero-order valence-electron chi connectivity index (χ0n) is 12.1. The van der Waals surface area contributed by atoms with Crippen LogP contribution >= 0.6 is 0 Å². The second kappa shape index (κ2) is 5.92. The normalized spacial score (nSPS) is 13.2. The van der Waals surface area contributed by atoms with Crippen molar-refractivity contribution in [1.29, 1.82) is 0 Å². The van der Waals surface area contributed by atoms with Crippen molar-refractivity contribution in [3.8, 4) is 5.75 Å². The molecule has 1 heterocycles. The van der Waals surface area contributed by atoms with Gasteiger partial charge in [0.25, 0.3) is 0 Å². The Morgan fingerprint density at radius 3 is 2.35 bits per heavy atom. The molecule has 23 heavy (non-hydrogen) atoms. The molecule has 4 nitrogen and oxygen atoms in total. The van der Waals surface area contributed by atoms with Crippen LogP contribution in [0.2, 0.25) is 0 Å². The number of hydrogen-bond acceptors (Lipinski definition) is 3. The summed E-state index contributed by atoms with van der Waals surface area (Å²) in [6.45, 7) is 0. The monoisotopic (exact) mass is 322 g/mol. The first kappa shape index (κ1) is 15.4. The number of rotatable bonds is 4. The van der Waals surface area contributed by atoms with Gasteiger partial charge in [-0.15, -0.1) is 13.2 Å². The highest BCUT2D eigenvalue weighted by Gasteiger charge is 2.31. The molecule has 0 aliphatic carbocycles. The molecule has 1 atom stereocenters. The lowest BCUT2D eigenvalue weighted by Crippen LogP contribution is -2.17. The molecule has 2 aromatic carbocycles. The molecule has 1 N–H and O–H groups in total. The predicted octanol–water partition coefficient (Wildman–Crippen LogP) is 4.20. The summed E-state index contributed by atoms with van der Waals surface area (Å²) >= 11 is 0. The van der Waals surface area contributed by atoms with Crippen molar-refractivity contribution >= 4 is 11.0 Å². The number of aromatic nitrogens is 2. The van der Waals surface area contributed by atoms with Crippen molar-refractivity contribution in [2.24, 2.45) is 0 Å². The number of halogens is 3. The maximum Gasteiger partial charge on any atom is 0.573 e. The minimum Gasteiger partial charge on any atom is -0.406 e. The molecule has 0 saturated carbocycles. The van der Waals surface area contributed by atoms with Gasteiger partial charge in [0.15, 0.2) is 0 Å². The van der Waals surface area contributed by atoms with E-state index in [2.05, 4.69) is 14.7 Å². The lowest BCUT2D eigenvalue weighted by Gasteiger charge is -2.14. The first-order chi connectivity index (χ1) is 11.0. The molecule has 3 rings (SSSR count). The molecule has 120 valence electrons. The summed E-state index contributed by atoms with van der Waals surface area (Å²) in [5.41, 5.74) is 2.32. The van der Waals surface area contributed by atoms with Crippen molar-refractivity contribution in [1.82, 2.24) is 9.97 Å². The molecule has 0 radical (unpaired) electrons. The fourth-order valence-electron chi connectivity index (χ4n) is 2.35. The van der Waals surface area contributed by atoms with Crippen LogP contribution in [0.5, 0.6) is 5.75 Å². The van der Waals surface area contributed by atoms with Crippen LogP contribution in [-0.2, 0) is 4.74 Å². The van der Waals surface area contributed by atoms with Gasteiger partial charge in [0, 0.05) is 7.11 Å². The van der Waals surface area contributed by atoms with Crippen molar-refractivity contribution in [3.05, 3.63) is 59.9 Å². The number of fused-ring (bicyclic) bond motifs is 1. The number of imidazole rings is 1. The lowest BCUT2D eigenvalue weighted by molar-refractivity contribution is -0.274. The largest absolute Gasteiger partial charge is 0.573 e. The molecule has 0 saturated heterocycles. The number of hydrogen-bond donors (Lipinski definition) is 1. The number of nitrogens with one attached hydrogen (secondary N) is 1. The van der Waals surface area contributed by atoms with E-state index in [4.69, 9.17) is 4.74 Å². The highest BCUT2D eigenvalue weighted by molar-refractivity contribution is 5.74. The van der Waals surface area contributed by atoms with E-state index >= 15 is 0 Å². The van der Waals surface area contributed by atoms with E-state index in [0.29, 0.717) is 11.4 Å². The fraction of sp³-hybridized carbons (Fsp3) is 0.188. The number of para-hydroxylation sites is 2. The van der Waals surface area contributed by atoms with E-state index < -0.39 is 12.5 Å². The number of nitrogens with zero attached hydrogens (tertiary/aromatic N) is 1. The van der Waals surface area contributed by atoms with Crippen LogP contribution in [-0.4, -0.2) is 23.4 Å². The summed E-state index contributed by atoms with van der Waals surface area (Å²) in [7, 11) is 1.51. The molecule has 0 aliphatic rings. The number of ether oxygens (including phenoxy) is 2. The molecule has 0 aliphatic heterocycles. The Morgan fingerprint density at radius 2 is 1.74 bits per heavy atom. The number of aromatic amines is 1. The third-order valence-corrected chi connectivity index (χ3v) is 3.31. The Labute approximate surface area is 129 Å². The summed E-state index contributed by atoms with van der Waals surface area (Å²) in [5, 5.41) is 0. The Bertz CT molecular complexity index is 764. The van der Waals surface area contributed by atoms with E-state index in [9.17, 15) is 13.2 Å². The minimum absolute atomic E-state index is 0.277. The third-order valence-electron chi connectivity index (χ3n) is 3.31. The predicted molar refractivity (Wildman–Crippen MR) is 78.1 cm³/mol. The van der Waals surface area contributed by atoms with Crippen molar-refractivity contribution in [2.45, 2.75) is 12.5 Å². The Balaban J connectivity index is 1.88. The van der Waals surface area contributed by atoms with Gasteiger partial charge in [0.05, 0.1) is 11.0 Å². The zero-order chi connectivity index (χ0) is 16.4. The molecule has 0 fully saturated rings. The topological polar surface area (TPSA) is 47.1 Å². The van der Waals surface area contributed by atoms with E-state index in [-0.39, 0.29) is 5.75 Å². The van der Waals surface area contributed by atoms with Crippen molar-refractivity contribution < 1.29 is 22.6 Å². The van der Waals surface area contributed by atoms with Gasteiger partial charge in [0.2, 0.25) is 0 Å². The van der Waals surface area contributed by atoms with Gasteiger partial charge in [-0.25, -0.2) is 4.98 Å². The first-order valence-corrected chi connectivity index (χ1v) is 6.79. The molecular weight excluding hydrogens is 309 g/mol. The fourth-order valence-corrected chi connectivity index (χ4v) is 2.35. The van der Waals surface area contributed by atoms with E-state index in [0.717, 1.165) is 11.0 Å². The van der Waals surface area contributed by atoms with Crippen LogP contribution < -0.4 is 4.74 Å². The van der Waals surface area contributed by atoms with E-state index in [1.165, 1.54) is 31.4 Å². The molecule has 0 spiro atoms. The summed E-state index contributed by atoms with van der Waals surface area (Å²) in [5.74, 6) is 0.305. The average molecular weight is 322 g/mol. The second-order valence-electron chi connectivity index (χ2n) is 4.87. The number of methoxy groups -OCH3 is 1. The third kappa shape index (κ3) is 3.45. The quantitative estimate of drug-likeness (QED) is 0.783. The Kier molecular flexibility index (Phi) is 3.96. The number of H-pyrrole nitrogens is 1. The van der Waals surface area contributed by atoms with Crippen LogP contribution in [0.4, 0.5) is 13.2 Å². The van der Waals surface area contributed by atoms with Crippen molar-refractivity contribution in [2.75, 3.05) is 7.11 Å². The van der Waals surface area contributed by atoms with Crippen LogP contribution in [0.3, 0.4) is 0 Å². The summed E-state index contributed by atoms with van der Waals surface area (Å²) in [6, 6.07) is 13.0. The molecule has 0 amide bonds. The maximum atomic E-state index is 12.2. The molecular formula is C16H13F3N2O2. The molecule has 1 aromatic heterocycles. The van der Waals surface area contributed by atoms with E-state index in [1.54, 1.807) is 0 Å². The number of alkyl halides is 3. The smallest absolute Gasteiger partial charge is 0.406 e. The van der Waals surface area contributed by atoms with Crippen molar-refractivity contribution in [3.63, 3.8) is 0 Å². The standard InChI is InChI=1S/C16H13F3N2O2/c1-22-14(15-20-12-4-2-3-5-13(12)21-15)10-6-8-11(9-7-10)23-16(17,18)19/h2-9,14H,1H3,(H,20,21). The van der Waals surface area contributed by atoms with Gasteiger partial charge in [-0.1, -0.05) is 24.3 Å². The Morgan fingerprint density at radius 1 is 1.04 bits per heavy atom. The molecule has 3 aromatic rings. The SMILES string of the molecule is COC(c1ccc(OC(F)(F)F)cc1)c1nc2ccccc2[nH]1. The molecule has 0 bridgehead atoms. The second-order valence-corrected chi connectivity index (χ2v) is 4.87. The molecule has 7 heteroatoms. The van der Waals surface area contributed by atoms with Gasteiger partial charge >= 0.3 is 6.36 Å². The van der Waals surface area contributed by atoms with Gasteiger partial charge in [0.1, 0.15) is 17.7 Å². The van der Waals surface area contributed by atoms with Crippen LogP contribution in [0.15, 0.2) is 48.5 Å². The minimum atomic E-state index is -4.71. The lowest BCUT2D eigenvalue weighted by atomic mass is 10.1. The van der Waals surface area contributed by atoms with Gasteiger partial charge in [-0.05, 0) is 29.8 Å². The summed E-state index contributed by atoms with van der Waals surface area (Å²) in [4.78, 5) is 7.60. The zero-order valence-corrected chi connectivity index (χ0v) is 12.1. The first-order valence-electron chi connectivity index (χ1n) is 6.79. The maximum absolute atomic E-state index is 12.2. The Hall–Kier alpha value is -2.54. The average Bonchev–Trinajstić information content (AvgIpc) is 2.91. The van der Waals surface area contributed by atoms with Gasteiger partial charge in [-0.3, -0.25) is 0 Å². The highest BCUT2D eigenvalue weighted by Crippen LogP contribution is 2.28.